The van der Waals surface area contributed by atoms with E-state index in [1.165, 1.54) is 5.39 Å². The number of carbonyl (C=O) groups excluding carboxylic acids is 1. The van der Waals surface area contributed by atoms with Gasteiger partial charge in [-0.3, -0.25) is 9.78 Å². The summed E-state index contributed by atoms with van der Waals surface area (Å²) in [6.45, 7) is 0.228. The maximum Gasteiger partial charge on any atom is 0.259 e. The first kappa shape index (κ1) is 15.7. The lowest BCUT2D eigenvalue weighted by molar-refractivity contribution is -0.119. The molecule has 3 rings (SSSR count). The van der Waals surface area contributed by atoms with Crippen molar-refractivity contribution >= 4 is 28.6 Å². The quantitative estimate of drug-likeness (QED) is 0.581. The van der Waals surface area contributed by atoms with Crippen molar-refractivity contribution in [3.05, 3.63) is 72.6 Å². The molecule has 5 nitrogen and oxygen atoms in total. The highest BCUT2D eigenvalue weighted by molar-refractivity contribution is 5.88. The van der Waals surface area contributed by atoms with Gasteiger partial charge in [0.15, 0.2) is 0 Å². The Morgan fingerprint density at radius 1 is 1.12 bits per heavy atom. The zero-order chi connectivity index (χ0) is 16.8. The van der Waals surface area contributed by atoms with E-state index in [1.807, 2.05) is 42.3 Å². The molecule has 0 aliphatic carbocycles. The number of hydrogen-bond donors (Lipinski definition) is 1. The lowest BCUT2D eigenvalue weighted by Crippen LogP contribution is -2.32. The van der Waals surface area contributed by atoms with Crippen LogP contribution in [0.5, 0.6) is 0 Å². The van der Waals surface area contributed by atoms with Crippen molar-refractivity contribution in [1.82, 2.24) is 10.4 Å². The van der Waals surface area contributed by atoms with Crippen molar-refractivity contribution in [3.8, 4) is 0 Å². The van der Waals surface area contributed by atoms with Gasteiger partial charge in [-0.15, -0.1) is 0 Å². The molecule has 1 aromatic heterocycles. The predicted octanol–water partition coefficient (Wildman–Crippen LogP) is 2.82. The van der Waals surface area contributed by atoms with Crippen LogP contribution in [-0.2, 0) is 4.79 Å². The summed E-state index contributed by atoms with van der Waals surface area (Å²) in [7, 11) is 1.89. The number of nitrogens with zero attached hydrogens (tertiary/aromatic N) is 3. The minimum absolute atomic E-state index is 0.170. The van der Waals surface area contributed by atoms with Crippen molar-refractivity contribution < 1.29 is 4.79 Å². The van der Waals surface area contributed by atoms with Gasteiger partial charge in [0.25, 0.3) is 5.91 Å². The van der Waals surface area contributed by atoms with E-state index in [0.717, 1.165) is 16.6 Å². The number of nitrogens with one attached hydrogen (secondary N) is 1. The minimum atomic E-state index is -0.170. The highest BCUT2D eigenvalue weighted by Gasteiger charge is 2.07. The first-order valence-electron chi connectivity index (χ1n) is 7.64. The van der Waals surface area contributed by atoms with E-state index in [0.29, 0.717) is 0 Å². The van der Waals surface area contributed by atoms with Crippen molar-refractivity contribution in [3.63, 3.8) is 0 Å². The Morgan fingerprint density at radius 3 is 2.67 bits per heavy atom. The molecule has 0 radical (unpaired) electrons. The van der Waals surface area contributed by atoms with Crippen LogP contribution in [0.25, 0.3) is 10.8 Å². The van der Waals surface area contributed by atoms with Crippen LogP contribution in [0.4, 0.5) is 5.69 Å². The second-order valence-electron chi connectivity index (χ2n) is 5.46. The van der Waals surface area contributed by atoms with Crippen LogP contribution in [0.2, 0.25) is 0 Å². The van der Waals surface area contributed by atoms with Crippen LogP contribution in [-0.4, -0.2) is 30.7 Å². The maximum absolute atomic E-state index is 12.0. The Balaban J connectivity index is 1.59. The molecule has 1 amide bonds. The topological polar surface area (TPSA) is 57.6 Å². The van der Waals surface area contributed by atoms with E-state index in [1.54, 1.807) is 18.6 Å². The molecular formula is C19H18N4O. The standard InChI is InChI=1S/C19H18N4O/c1-23(18-7-6-16-4-2-3-5-17(16)12-18)14-19(24)22-21-13-15-8-10-20-11-9-15/h2-13H,14H2,1H3,(H,22,24)/b21-13-. The zero-order valence-corrected chi connectivity index (χ0v) is 13.4. The van der Waals surface area contributed by atoms with Gasteiger partial charge in [0.1, 0.15) is 0 Å². The van der Waals surface area contributed by atoms with Gasteiger partial charge in [-0.05, 0) is 40.6 Å². The highest BCUT2D eigenvalue weighted by atomic mass is 16.2. The van der Waals surface area contributed by atoms with Gasteiger partial charge in [-0.1, -0.05) is 30.3 Å². The average molecular weight is 318 g/mol. The summed E-state index contributed by atoms with van der Waals surface area (Å²) in [6, 6.07) is 17.9. The van der Waals surface area contributed by atoms with Crippen LogP contribution in [0, 0.1) is 0 Å². The first-order chi connectivity index (χ1) is 11.7. The first-order valence-corrected chi connectivity index (χ1v) is 7.64. The van der Waals surface area contributed by atoms with E-state index in [4.69, 9.17) is 0 Å². The van der Waals surface area contributed by atoms with E-state index in [2.05, 4.69) is 39.8 Å². The molecule has 0 aliphatic heterocycles. The fraction of sp³-hybridized carbons (Fsp3) is 0.105. The monoisotopic (exact) mass is 318 g/mol. The lowest BCUT2D eigenvalue weighted by atomic mass is 10.1. The molecule has 0 spiro atoms. The molecule has 3 aromatic rings. The molecule has 5 heteroatoms. The fourth-order valence-electron chi connectivity index (χ4n) is 2.38. The minimum Gasteiger partial charge on any atom is -0.365 e. The fourth-order valence-corrected chi connectivity index (χ4v) is 2.38. The number of rotatable bonds is 5. The number of hydrogen-bond acceptors (Lipinski definition) is 4. The molecule has 0 bridgehead atoms. The third kappa shape index (κ3) is 3.95. The molecule has 0 fully saturated rings. The zero-order valence-electron chi connectivity index (χ0n) is 13.4. The summed E-state index contributed by atoms with van der Waals surface area (Å²) >= 11 is 0. The van der Waals surface area contributed by atoms with E-state index in [9.17, 15) is 4.79 Å². The van der Waals surface area contributed by atoms with Gasteiger partial charge in [0.2, 0.25) is 0 Å². The number of carbonyl (C=O) groups is 1. The highest BCUT2D eigenvalue weighted by Crippen LogP contribution is 2.20. The van der Waals surface area contributed by atoms with Crippen LogP contribution < -0.4 is 10.3 Å². The van der Waals surface area contributed by atoms with Crippen LogP contribution in [0.3, 0.4) is 0 Å². The van der Waals surface area contributed by atoms with Gasteiger partial charge >= 0.3 is 0 Å². The van der Waals surface area contributed by atoms with Crippen molar-refractivity contribution in [1.29, 1.82) is 0 Å². The molecule has 24 heavy (non-hydrogen) atoms. The second kappa shape index (κ2) is 7.37. The lowest BCUT2D eigenvalue weighted by Gasteiger charge is -2.18. The van der Waals surface area contributed by atoms with Gasteiger partial charge < -0.3 is 4.90 Å². The second-order valence-corrected chi connectivity index (χ2v) is 5.46. The molecule has 1 heterocycles. The summed E-state index contributed by atoms with van der Waals surface area (Å²) in [5.74, 6) is -0.170. The Hall–Kier alpha value is -3.21. The number of anilines is 1. The van der Waals surface area contributed by atoms with Crippen molar-refractivity contribution in [2.75, 3.05) is 18.5 Å². The van der Waals surface area contributed by atoms with E-state index in [-0.39, 0.29) is 12.5 Å². The van der Waals surface area contributed by atoms with Crippen molar-refractivity contribution in [2.45, 2.75) is 0 Å². The molecule has 1 N–H and O–H groups in total. The maximum atomic E-state index is 12.0. The number of pyridine rings is 1. The summed E-state index contributed by atoms with van der Waals surface area (Å²) in [4.78, 5) is 17.8. The van der Waals surface area contributed by atoms with Gasteiger partial charge in [0, 0.05) is 25.1 Å². The molecular weight excluding hydrogens is 300 g/mol. The van der Waals surface area contributed by atoms with Crippen molar-refractivity contribution in [2.24, 2.45) is 5.10 Å². The largest absolute Gasteiger partial charge is 0.365 e. The van der Waals surface area contributed by atoms with Crippen LogP contribution in [0.1, 0.15) is 5.56 Å². The molecule has 0 saturated carbocycles. The third-order valence-electron chi connectivity index (χ3n) is 3.66. The van der Waals surface area contributed by atoms with Gasteiger partial charge in [0.05, 0.1) is 12.8 Å². The Bertz CT molecular complexity index is 861. The molecule has 2 aromatic carbocycles. The number of benzene rings is 2. The third-order valence-corrected chi connectivity index (χ3v) is 3.66. The number of aromatic nitrogens is 1. The number of likely N-dealkylation sites (N-methyl/N-ethyl adjacent to an activating group) is 1. The summed E-state index contributed by atoms with van der Waals surface area (Å²) in [6.07, 6.45) is 4.95. The SMILES string of the molecule is CN(CC(=O)N/N=C\c1ccncc1)c1ccc2ccccc2c1. The predicted molar refractivity (Wildman–Crippen MR) is 97.2 cm³/mol. The van der Waals surface area contributed by atoms with Gasteiger partial charge in [-0.2, -0.15) is 5.10 Å². The van der Waals surface area contributed by atoms with Gasteiger partial charge in [-0.25, -0.2) is 5.43 Å². The average Bonchev–Trinajstić information content (AvgIpc) is 2.62. The Kier molecular flexibility index (Phi) is 4.81. The smallest absolute Gasteiger partial charge is 0.259 e. The Labute approximate surface area is 140 Å². The summed E-state index contributed by atoms with van der Waals surface area (Å²) in [5, 5.41) is 6.29. The molecule has 0 aliphatic rings. The van der Waals surface area contributed by atoms with Crippen LogP contribution >= 0.6 is 0 Å². The summed E-state index contributed by atoms with van der Waals surface area (Å²) < 4.78 is 0. The van der Waals surface area contributed by atoms with E-state index < -0.39 is 0 Å². The molecule has 0 atom stereocenters. The Morgan fingerprint density at radius 2 is 1.88 bits per heavy atom. The molecule has 0 saturated heterocycles. The number of fused-ring (bicyclic) bond motifs is 1. The van der Waals surface area contributed by atoms with Crippen LogP contribution in [0.15, 0.2) is 72.1 Å². The summed E-state index contributed by atoms with van der Waals surface area (Å²) in [5.41, 5.74) is 4.41. The number of hydrazone groups is 1. The normalized spacial score (nSPS) is 10.9. The molecule has 0 unspecified atom stereocenters. The molecule has 120 valence electrons. The van der Waals surface area contributed by atoms with E-state index >= 15 is 0 Å². The number of amides is 1.